The number of hydrogen-bond acceptors (Lipinski definition) is 5. The van der Waals surface area contributed by atoms with Gasteiger partial charge in [0, 0.05) is 24.8 Å². The number of hydrogen-bond donors (Lipinski definition) is 0. The lowest BCUT2D eigenvalue weighted by Crippen LogP contribution is -2.46. The maximum Gasteiger partial charge on any atom is 0.308 e. The minimum absolute atomic E-state index is 0.237. The molecule has 6 atom stereocenters. The molecule has 0 spiro atoms. The molecule has 2 saturated carbocycles. The zero-order valence-electron chi connectivity index (χ0n) is 24.5. The van der Waals surface area contributed by atoms with Crippen LogP contribution in [0.15, 0.2) is 42.5 Å². The minimum atomic E-state index is -0.284. The van der Waals surface area contributed by atoms with Crippen molar-refractivity contribution in [1.82, 2.24) is 4.90 Å². The van der Waals surface area contributed by atoms with Crippen LogP contribution < -0.4 is 9.47 Å². The molecule has 5 nitrogen and oxygen atoms in total. The first-order chi connectivity index (χ1) is 19.4. The Bertz CT molecular complexity index is 1230. The van der Waals surface area contributed by atoms with Gasteiger partial charge in [-0.3, -0.25) is 14.5 Å². The lowest BCUT2D eigenvalue weighted by molar-refractivity contribution is -0.132. The summed E-state index contributed by atoms with van der Waals surface area (Å²) in [6.07, 6.45) is 9.65. The number of likely N-dealkylation sites (tertiary alicyclic amines) is 1. The van der Waals surface area contributed by atoms with Gasteiger partial charge in [-0.1, -0.05) is 38.5 Å². The molecule has 3 aliphatic carbocycles. The number of carbonyl (C=O) groups excluding carboxylic acids is 2. The number of carbonyl (C=O) groups is 2. The largest absolute Gasteiger partial charge is 0.492 e. The van der Waals surface area contributed by atoms with E-state index < -0.39 is 0 Å². The summed E-state index contributed by atoms with van der Waals surface area (Å²) in [5, 5.41) is 0. The van der Waals surface area contributed by atoms with Crippen molar-refractivity contribution in [2.24, 2.45) is 17.3 Å². The van der Waals surface area contributed by atoms with E-state index >= 15 is 0 Å². The zero-order chi connectivity index (χ0) is 27.9. The summed E-state index contributed by atoms with van der Waals surface area (Å²) in [6.45, 7) is 9.09. The summed E-state index contributed by atoms with van der Waals surface area (Å²) < 4.78 is 11.8. The van der Waals surface area contributed by atoms with Gasteiger partial charge >= 0.3 is 5.97 Å². The van der Waals surface area contributed by atoms with Crippen LogP contribution in [0.5, 0.6) is 11.5 Å². The molecule has 2 aromatic rings. The van der Waals surface area contributed by atoms with Crippen LogP contribution >= 0.6 is 0 Å². The van der Waals surface area contributed by atoms with Gasteiger partial charge in [-0.15, -0.1) is 0 Å². The highest BCUT2D eigenvalue weighted by atomic mass is 16.5. The van der Waals surface area contributed by atoms with Gasteiger partial charge in [0.1, 0.15) is 23.9 Å². The van der Waals surface area contributed by atoms with Crippen molar-refractivity contribution in [3.8, 4) is 11.5 Å². The first-order valence-electron chi connectivity index (χ1n) is 15.7. The minimum Gasteiger partial charge on any atom is -0.492 e. The number of aryl methyl sites for hydroxylation is 1. The Kier molecular flexibility index (Phi) is 7.78. The van der Waals surface area contributed by atoms with E-state index in [0.29, 0.717) is 35.3 Å². The highest BCUT2D eigenvalue weighted by molar-refractivity contribution is 5.87. The molecule has 0 radical (unpaired) electrons. The average Bonchev–Trinajstić information content (AvgIpc) is 3.58. The van der Waals surface area contributed by atoms with E-state index in [1.165, 1.54) is 62.4 Å². The number of Topliss-reactive ketones (excluding diaryl/α,β-unsaturated/α-hetero) is 1. The van der Waals surface area contributed by atoms with Crippen molar-refractivity contribution < 1.29 is 19.1 Å². The SMILES string of the molecule is CCCC(COc1ccc([C@H]2C[C@]3(C)C(=O)CC[C@H]3[C@@H]3CCc4cc(OC(C)=O)ccc4[C@H]32)cc1)N1CCCC1. The van der Waals surface area contributed by atoms with Gasteiger partial charge in [-0.25, -0.2) is 0 Å². The Morgan fingerprint density at radius 2 is 1.80 bits per heavy atom. The van der Waals surface area contributed by atoms with Crippen molar-refractivity contribution in [2.45, 2.75) is 96.4 Å². The summed E-state index contributed by atoms with van der Waals surface area (Å²) in [4.78, 5) is 27.4. The molecule has 1 aliphatic heterocycles. The number of fused-ring (bicyclic) bond motifs is 5. The normalized spacial score (nSPS) is 30.3. The van der Waals surface area contributed by atoms with Gasteiger partial charge in [0.25, 0.3) is 0 Å². The van der Waals surface area contributed by atoms with E-state index in [4.69, 9.17) is 9.47 Å². The lowest BCUT2D eigenvalue weighted by atomic mass is 9.51. The molecule has 6 rings (SSSR count). The Balaban J connectivity index is 1.27. The van der Waals surface area contributed by atoms with Crippen molar-refractivity contribution >= 4 is 11.8 Å². The van der Waals surface area contributed by atoms with Gasteiger partial charge in [-0.05, 0) is 123 Å². The molecular formula is C35H45NO4. The second-order valence-corrected chi connectivity index (χ2v) is 13.0. The predicted molar refractivity (Wildman–Crippen MR) is 157 cm³/mol. The average molecular weight is 544 g/mol. The van der Waals surface area contributed by atoms with Crippen LogP contribution in [0.3, 0.4) is 0 Å². The summed E-state index contributed by atoms with van der Waals surface area (Å²) in [5.41, 5.74) is 3.75. The molecule has 2 aromatic carbocycles. The first-order valence-corrected chi connectivity index (χ1v) is 15.7. The molecule has 1 unspecified atom stereocenters. The van der Waals surface area contributed by atoms with E-state index in [1.807, 2.05) is 6.07 Å². The molecule has 0 aromatic heterocycles. The lowest BCUT2D eigenvalue weighted by Gasteiger charge is -2.52. The number of rotatable bonds is 8. The quantitative estimate of drug-likeness (QED) is 0.263. The van der Waals surface area contributed by atoms with Crippen LogP contribution in [-0.4, -0.2) is 42.4 Å². The van der Waals surface area contributed by atoms with Crippen molar-refractivity contribution in [1.29, 1.82) is 0 Å². The van der Waals surface area contributed by atoms with Crippen LogP contribution in [0.25, 0.3) is 0 Å². The van der Waals surface area contributed by atoms with Crippen LogP contribution in [-0.2, 0) is 16.0 Å². The molecule has 5 heteroatoms. The van der Waals surface area contributed by atoms with E-state index in [2.05, 4.69) is 55.1 Å². The summed E-state index contributed by atoms with van der Waals surface area (Å²) in [6, 6.07) is 15.5. The molecule has 40 heavy (non-hydrogen) atoms. The second-order valence-electron chi connectivity index (χ2n) is 13.0. The molecular weight excluding hydrogens is 498 g/mol. The third kappa shape index (κ3) is 5.11. The maximum atomic E-state index is 13.3. The zero-order valence-corrected chi connectivity index (χ0v) is 24.5. The fourth-order valence-corrected chi connectivity index (χ4v) is 8.83. The van der Waals surface area contributed by atoms with Crippen LogP contribution in [0.2, 0.25) is 0 Å². The second kappa shape index (κ2) is 11.3. The van der Waals surface area contributed by atoms with Crippen molar-refractivity contribution in [2.75, 3.05) is 19.7 Å². The smallest absolute Gasteiger partial charge is 0.308 e. The summed E-state index contributed by atoms with van der Waals surface area (Å²) in [7, 11) is 0. The van der Waals surface area contributed by atoms with E-state index in [1.54, 1.807) is 0 Å². The fourth-order valence-electron chi connectivity index (χ4n) is 8.83. The first kappa shape index (κ1) is 27.5. The topological polar surface area (TPSA) is 55.8 Å². The molecule has 0 bridgehead atoms. The van der Waals surface area contributed by atoms with Crippen LogP contribution in [0.4, 0.5) is 0 Å². The Morgan fingerprint density at radius 1 is 1.05 bits per heavy atom. The number of ketones is 1. The summed E-state index contributed by atoms with van der Waals surface area (Å²) >= 11 is 0. The number of esters is 1. The fraction of sp³-hybridized carbons (Fsp3) is 0.600. The van der Waals surface area contributed by atoms with Gasteiger partial charge in [-0.2, -0.15) is 0 Å². The Hall–Kier alpha value is -2.66. The molecule has 1 saturated heterocycles. The number of nitrogens with zero attached hydrogens (tertiary/aromatic N) is 1. The van der Waals surface area contributed by atoms with Crippen molar-refractivity contribution in [3.05, 3.63) is 59.2 Å². The molecule has 4 aliphatic rings. The third-order valence-corrected chi connectivity index (χ3v) is 10.7. The van der Waals surface area contributed by atoms with Crippen molar-refractivity contribution in [3.63, 3.8) is 0 Å². The van der Waals surface area contributed by atoms with Gasteiger partial charge < -0.3 is 9.47 Å². The number of benzene rings is 2. The van der Waals surface area contributed by atoms with Crippen LogP contribution in [0.1, 0.15) is 101 Å². The Labute approximate surface area is 239 Å². The van der Waals surface area contributed by atoms with Gasteiger partial charge in [0.05, 0.1) is 0 Å². The maximum absolute atomic E-state index is 13.3. The molecule has 0 N–H and O–H groups in total. The monoisotopic (exact) mass is 543 g/mol. The highest BCUT2D eigenvalue weighted by Crippen LogP contribution is 2.64. The molecule has 3 fully saturated rings. The Morgan fingerprint density at radius 3 is 2.52 bits per heavy atom. The molecule has 0 amide bonds. The van der Waals surface area contributed by atoms with E-state index in [9.17, 15) is 9.59 Å². The van der Waals surface area contributed by atoms with Gasteiger partial charge in [0.15, 0.2) is 0 Å². The standard InChI is InChI=1S/C35H45NO4/c1-4-7-26(36-18-5-6-19-36)22-39-27-11-8-24(9-12-27)31-21-35(3)32(16-17-33(35)38)30-14-10-25-20-28(40-23(2)37)13-15-29(25)34(30)31/h8-9,11-13,15,20,26,30-32,34H,4-7,10,14,16-19,21-22H2,1-3H3/t26?,30-,31+,32-,34+,35-/m0/s1. The number of ether oxygens (including phenoxy) is 2. The molecule has 214 valence electrons. The third-order valence-electron chi connectivity index (χ3n) is 10.7. The molecule has 1 heterocycles. The van der Waals surface area contributed by atoms with Crippen LogP contribution in [0, 0.1) is 17.3 Å². The highest BCUT2D eigenvalue weighted by Gasteiger charge is 2.58. The predicted octanol–water partition coefficient (Wildman–Crippen LogP) is 7.07. The van der Waals surface area contributed by atoms with E-state index in [0.717, 1.165) is 44.5 Å². The van der Waals surface area contributed by atoms with Gasteiger partial charge in [0.2, 0.25) is 0 Å². The van der Waals surface area contributed by atoms with E-state index in [-0.39, 0.29) is 17.3 Å². The summed E-state index contributed by atoms with van der Waals surface area (Å²) in [5.74, 6) is 3.34.